The summed E-state index contributed by atoms with van der Waals surface area (Å²) in [6.45, 7) is 1.62. The second-order valence-electron chi connectivity index (χ2n) is 7.97. The highest BCUT2D eigenvalue weighted by Gasteiger charge is 2.39. The van der Waals surface area contributed by atoms with Gasteiger partial charge >= 0.3 is 6.18 Å². The summed E-state index contributed by atoms with van der Waals surface area (Å²) < 4.78 is 73.1. The van der Waals surface area contributed by atoms with Gasteiger partial charge in [-0.1, -0.05) is 42.5 Å². The topological polar surface area (TPSA) is 67.8 Å². The van der Waals surface area contributed by atoms with Crippen molar-refractivity contribution in [3.63, 3.8) is 0 Å². The van der Waals surface area contributed by atoms with Gasteiger partial charge in [0.05, 0.1) is 11.8 Å². The molecule has 1 aliphatic carbocycles. The molecule has 32 heavy (non-hydrogen) atoms. The molecular formula is C23H23F3N2O3S. The van der Waals surface area contributed by atoms with Crippen LogP contribution in [0.25, 0.3) is 5.57 Å². The van der Waals surface area contributed by atoms with Crippen LogP contribution in [0.15, 0.2) is 70.9 Å². The van der Waals surface area contributed by atoms with Crippen molar-refractivity contribution >= 4 is 21.5 Å². The third kappa shape index (κ3) is 5.05. The van der Waals surface area contributed by atoms with Gasteiger partial charge in [0, 0.05) is 5.70 Å². The molecule has 2 heterocycles. The van der Waals surface area contributed by atoms with Crippen LogP contribution in [0.3, 0.4) is 0 Å². The fourth-order valence-electron chi connectivity index (χ4n) is 4.04. The Bertz CT molecular complexity index is 1140. The van der Waals surface area contributed by atoms with Gasteiger partial charge in [-0.3, -0.25) is 0 Å². The molecule has 0 saturated carbocycles. The molecular weight excluding hydrogens is 441 g/mol. The van der Waals surface area contributed by atoms with Crippen LogP contribution in [0.5, 0.6) is 5.75 Å². The average molecular weight is 465 g/mol. The van der Waals surface area contributed by atoms with Crippen LogP contribution in [0.2, 0.25) is 0 Å². The van der Waals surface area contributed by atoms with Crippen molar-refractivity contribution in [3.8, 4) is 5.75 Å². The lowest BCUT2D eigenvalue weighted by Crippen LogP contribution is -2.40. The zero-order valence-corrected chi connectivity index (χ0v) is 18.2. The smallest absolute Gasteiger partial charge is 0.421 e. The van der Waals surface area contributed by atoms with E-state index in [1.54, 1.807) is 37.3 Å². The maximum atomic E-state index is 13.4. The van der Waals surface area contributed by atoms with Crippen molar-refractivity contribution < 1.29 is 26.3 Å². The average Bonchev–Trinajstić information content (AvgIpc) is 2.99. The van der Waals surface area contributed by atoms with Gasteiger partial charge in [0.15, 0.2) is 0 Å². The lowest BCUT2D eigenvalue weighted by molar-refractivity contribution is -0.0873. The van der Waals surface area contributed by atoms with Gasteiger partial charge in [0.2, 0.25) is 15.9 Å². The Balaban J connectivity index is 1.59. The van der Waals surface area contributed by atoms with Gasteiger partial charge < -0.3 is 4.74 Å². The number of hydrogen-bond acceptors (Lipinski definition) is 4. The van der Waals surface area contributed by atoms with Gasteiger partial charge in [-0.15, -0.1) is 0 Å². The van der Waals surface area contributed by atoms with Crippen LogP contribution in [-0.2, 0) is 10.0 Å². The van der Waals surface area contributed by atoms with Crippen molar-refractivity contribution in [1.29, 1.82) is 0 Å². The third-order valence-electron chi connectivity index (χ3n) is 5.61. The Labute approximate surface area is 185 Å². The summed E-state index contributed by atoms with van der Waals surface area (Å²) in [5.74, 6) is -0.133. The molecule has 1 fully saturated rings. The van der Waals surface area contributed by atoms with Crippen LogP contribution >= 0.6 is 0 Å². The molecule has 1 N–H and O–H groups in total. The highest BCUT2D eigenvalue weighted by molar-refractivity contribution is 7.89. The third-order valence-corrected chi connectivity index (χ3v) is 7.04. The molecule has 0 aromatic heterocycles. The predicted octanol–water partition coefficient (Wildman–Crippen LogP) is 4.91. The first-order chi connectivity index (χ1) is 15.1. The van der Waals surface area contributed by atoms with Crippen LogP contribution in [0, 0.1) is 5.92 Å². The largest absolute Gasteiger partial charge is 0.438 e. The standard InChI is InChI=1S/C23H23F3N2O3S/c1-15-5-2-9-20(23(24,25)26)22(27-15)31-18-12-10-16(11-13-18)19-8-3-6-17-7-4-14-32(29,30)28-21(17)19/h3,5-6,8-13,17,21,28H,2,4,7,14H2,1H3. The maximum Gasteiger partial charge on any atom is 0.421 e. The van der Waals surface area contributed by atoms with Gasteiger partial charge in [0.25, 0.3) is 0 Å². The second-order valence-corrected chi connectivity index (χ2v) is 9.84. The van der Waals surface area contributed by atoms with Gasteiger partial charge in [-0.2, -0.15) is 13.2 Å². The Morgan fingerprint density at radius 3 is 2.62 bits per heavy atom. The zero-order chi connectivity index (χ0) is 22.9. The lowest BCUT2D eigenvalue weighted by atomic mass is 9.83. The fraction of sp³-hybridized carbons (Fsp3) is 0.348. The lowest BCUT2D eigenvalue weighted by Gasteiger charge is -2.28. The Hall–Kier alpha value is -2.65. The van der Waals surface area contributed by atoms with E-state index in [-0.39, 0.29) is 29.9 Å². The molecule has 170 valence electrons. The van der Waals surface area contributed by atoms with Crippen molar-refractivity contribution in [1.82, 2.24) is 4.72 Å². The number of nitrogens with zero attached hydrogens (tertiary/aromatic N) is 1. The molecule has 2 aliphatic heterocycles. The summed E-state index contributed by atoms with van der Waals surface area (Å²) in [6.07, 6.45) is 5.31. The van der Waals surface area contributed by atoms with E-state index < -0.39 is 27.7 Å². The number of halogens is 3. The number of benzene rings is 1. The van der Waals surface area contributed by atoms with Crippen LogP contribution in [-0.4, -0.2) is 32.3 Å². The molecule has 5 nitrogen and oxygen atoms in total. The number of rotatable bonds is 2. The first kappa shape index (κ1) is 22.5. The van der Waals surface area contributed by atoms with Crippen molar-refractivity contribution in [2.75, 3.05) is 5.75 Å². The van der Waals surface area contributed by atoms with E-state index in [9.17, 15) is 21.6 Å². The summed E-state index contributed by atoms with van der Waals surface area (Å²) in [6, 6.07) is 6.18. The molecule has 1 aromatic carbocycles. The molecule has 1 aromatic rings. The summed E-state index contributed by atoms with van der Waals surface area (Å²) in [5, 5.41) is 0. The SMILES string of the molecule is CC1=CCC=C(C(F)(F)F)C(Oc2ccc(C3=CC=CC4CCCS(=O)(=O)NC34)cc2)=N1. The van der Waals surface area contributed by atoms with Crippen molar-refractivity contribution in [2.45, 2.75) is 38.4 Å². The van der Waals surface area contributed by atoms with E-state index in [0.717, 1.165) is 23.6 Å². The molecule has 0 spiro atoms. The minimum Gasteiger partial charge on any atom is -0.438 e. The van der Waals surface area contributed by atoms with E-state index in [1.165, 1.54) is 0 Å². The molecule has 0 amide bonds. The number of aliphatic imine (C=N–C) groups is 1. The zero-order valence-electron chi connectivity index (χ0n) is 17.4. The first-order valence-corrected chi connectivity index (χ1v) is 12.0. The molecule has 1 saturated heterocycles. The van der Waals surface area contributed by atoms with Gasteiger partial charge in [-0.25, -0.2) is 18.1 Å². The maximum absolute atomic E-state index is 13.4. The Morgan fingerprint density at radius 1 is 1.16 bits per heavy atom. The number of fused-ring (bicyclic) bond motifs is 1. The number of sulfonamides is 1. The Morgan fingerprint density at radius 2 is 1.91 bits per heavy atom. The Kier molecular flexibility index (Phi) is 6.13. The van der Waals surface area contributed by atoms with E-state index in [4.69, 9.17) is 4.74 Å². The molecule has 0 bridgehead atoms. The van der Waals surface area contributed by atoms with Crippen LogP contribution < -0.4 is 9.46 Å². The number of nitrogens with one attached hydrogen (secondary N) is 1. The second kappa shape index (κ2) is 8.71. The van der Waals surface area contributed by atoms with Crippen LogP contribution in [0.1, 0.15) is 31.7 Å². The summed E-state index contributed by atoms with van der Waals surface area (Å²) >= 11 is 0. The molecule has 2 atom stereocenters. The number of ether oxygens (including phenoxy) is 1. The highest BCUT2D eigenvalue weighted by atomic mass is 32.2. The fourth-order valence-corrected chi connectivity index (χ4v) is 5.39. The summed E-state index contributed by atoms with van der Waals surface area (Å²) in [5.41, 5.74) is 1.12. The van der Waals surface area contributed by atoms with Crippen molar-refractivity contribution in [3.05, 3.63) is 71.5 Å². The summed E-state index contributed by atoms with van der Waals surface area (Å²) in [4.78, 5) is 3.98. The quantitative estimate of drug-likeness (QED) is 0.676. The van der Waals surface area contributed by atoms with E-state index in [2.05, 4.69) is 9.71 Å². The number of allylic oxidation sites excluding steroid dienone is 5. The van der Waals surface area contributed by atoms with E-state index >= 15 is 0 Å². The monoisotopic (exact) mass is 464 g/mol. The van der Waals surface area contributed by atoms with Crippen LogP contribution in [0.4, 0.5) is 13.2 Å². The number of hydrogen-bond donors (Lipinski definition) is 1. The molecule has 2 unspecified atom stereocenters. The van der Waals surface area contributed by atoms with E-state index in [0.29, 0.717) is 12.1 Å². The molecule has 0 radical (unpaired) electrons. The minimum atomic E-state index is -4.58. The van der Waals surface area contributed by atoms with Gasteiger partial charge in [0.1, 0.15) is 11.3 Å². The van der Waals surface area contributed by atoms with E-state index in [1.807, 2.05) is 18.2 Å². The summed E-state index contributed by atoms with van der Waals surface area (Å²) in [7, 11) is -3.37. The first-order valence-electron chi connectivity index (χ1n) is 10.3. The molecule has 9 heteroatoms. The highest BCUT2D eigenvalue weighted by Crippen LogP contribution is 2.34. The predicted molar refractivity (Wildman–Crippen MR) is 118 cm³/mol. The molecule has 3 aliphatic rings. The minimum absolute atomic E-state index is 0.0535. The normalized spacial score (nSPS) is 25.4. The van der Waals surface area contributed by atoms with Crippen molar-refractivity contribution in [2.24, 2.45) is 10.9 Å². The van der Waals surface area contributed by atoms with Gasteiger partial charge in [-0.05, 0) is 55.4 Å². The number of alkyl halides is 3. The molecule has 4 rings (SSSR count).